The van der Waals surface area contributed by atoms with Crippen LogP contribution in [0.1, 0.15) is 34.1 Å². The van der Waals surface area contributed by atoms with Gasteiger partial charge in [0.1, 0.15) is 0 Å². The van der Waals surface area contributed by atoms with E-state index in [9.17, 15) is 9.59 Å². The van der Waals surface area contributed by atoms with Gasteiger partial charge in [-0.05, 0) is 18.4 Å². The third-order valence-electron chi connectivity index (χ3n) is 3.13. The monoisotopic (exact) mass is 296 g/mol. The predicted molar refractivity (Wildman–Crippen MR) is 78.9 cm³/mol. The fourth-order valence-electron chi connectivity index (χ4n) is 1.91. The third kappa shape index (κ3) is 6.29. The molecule has 21 heavy (non-hydrogen) atoms. The molecule has 3 N–H and O–H groups in total. The van der Waals surface area contributed by atoms with Gasteiger partial charge in [-0.3, -0.25) is 9.48 Å². The zero-order chi connectivity index (χ0) is 16.0. The number of hydrogen-bond acceptors (Lipinski definition) is 3. The first kappa shape index (κ1) is 17.0. The van der Waals surface area contributed by atoms with Crippen LogP contribution in [0.2, 0.25) is 0 Å². The number of aliphatic carboxylic acids is 1. The van der Waals surface area contributed by atoms with E-state index in [0.29, 0.717) is 6.54 Å². The Morgan fingerprint density at radius 2 is 2.00 bits per heavy atom. The van der Waals surface area contributed by atoms with Gasteiger partial charge in [-0.2, -0.15) is 5.10 Å². The molecular weight excluding hydrogens is 272 g/mol. The van der Waals surface area contributed by atoms with E-state index in [4.69, 9.17) is 5.11 Å². The van der Waals surface area contributed by atoms with Crippen molar-refractivity contribution in [3.63, 3.8) is 0 Å². The number of rotatable bonds is 6. The van der Waals surface area contributed by atoms with Crippen LogP contribution in [0.15, 0.2) is 18.5 Å². The van der Waals surface area contributed by atoms with Crippen molar-refractivity contribution in [1.29, 1.82) is 0 Å². The molecule has 0 bridgehead atoms. The van der Waals surface area contributed by atoms with Crippen molar-refractivity contribution in [2.24, 2.45) is 5.41 Å². The van der Waals surface area contributed by atoms with Gasteiger partial charge in [-0.1, -0.05) is 20.8 Å². The van der Waals surface area contributed by atoms with Crippen LogP contribution in [-0.2, 0) is 11.3 Å². The molecule has 0 spiro atoms. The molecule has 0 aromatic carbocycles. The number of carboxylic acids is 1. The molecule has 2 unspecified atom stereocenters. The molecule has 1 aromatic rings. The second kappa shape index (κ2) is 7.10. The van der Waals surface area contributed by atoms with Gasteiger partial charge in [0.2, 0.25) is 0 Å². The number of carbonyl (C=O) groups excluding carboxylic acids is 1. The maximum atomic E-state index is 12.0. The van der Waals surface area contributed by atoms with E-state index in [0.717, 1.165) is 0 Å². The molecule has 1 rings (SSSR count). The average molecular weight is 296 g/mol. The molecular formula is C14H24N4O3. The number of urea groups is 1. The van der Waals surface area contributed by atoms with Crippen LogP contribution in [0.4, 0.5) is 4.79 Å². The Hall–Kier alpha value is -2.05. The number of nitrogens with one attached hydrogen (secondary N) is 2. The van der Waals surface area contributed by atoms with E-state index in [-0.39, 0.29) is 23.9 Å². The quantitative estimate of drug-likeness (QED) is 0.740. The second-order valence-corrected chi connectivity index (χ2v) is 6.26. The summed E-state index contributed by atoms with van der Waals surface area (Å²) in [6, 6.07) is 0.896. The molecule has 7 nitrogen and oxygen atoms in total. The van der Waals surface area contributed by atoms with Crippen LogP contribution < -0.4 is 10.6 Å². The van der Waals surface area contributed by atoms with E-state index in [1.54, 1.807) is 10.9 Å². The lowest BCUT2D eigenvalue weighted by molar-refractivity contribution is -0.138. The molecule has 0 fully saturated rings. The molecule has 1 heterocycles. The summed E-state index contributed by atoms with van der Waals surface area (Å²) >= 11 is 0. The highest BCUT2D eigenvalue weighted by Crippen LogP contribution is 2.21. The average Bonchev–Trinajstić information content (AvgIpc) is 2.78. The van der Waals surface area contributed by atoms with Crippen molar-refractivity contribution < 1.29 is 14.7 Å². The molecule has 0 saturated heterocycles. The summed E-state index contributed by atoms with van der Waals surface area (Å²) in [6.45, 7) is 8.11. The lowest BCUT2D eigenvalue weighted by Gasteiger charge is -2.30. The number of aromatic nitrogens is 2. The maximum Gasteiger partial charge on any atom is 0.315 e. The van der Waals surface area contributed by atoms with Crippen molar-refractivity contribution in [3.05, 3.63) is 18.5 Å². The highest BCUT2D eigenvalue weighted by Gasteiger charge is 2.28. The Bertz CT molecular complexity index is 465. The topological polar surface area (TPSA) is 96.3 Å². The van der Waals surface area contributed by atoms with Gasteiger partial charge in [-0.15, -0.1) is 0 Å². The van der Waals surface area contributed by atoms with Crippen LogP contribution in [-0.4, -0.2) is 39.0 Å². The molecule has 0 aliphatic carbocycles. The van der Waals surface area contributed by atoms with Crippen LogP contribution in [0.25, 0.3) is 0 Å². The lowest BCUT2D eigenvalue weighted by Crippen LogP contribution is -2.51. The minimum Gasteiger partial charge on any atom is -0.481 e. The largest absolute Gasteiger partial charge is 0.481 e. The first-order chi connectivity index (χ1) is 9.68. The SMILES string of the molecule is CC(Cn1cccn1)NC(=O)NC(CC(=O)O)C(C)(C)C. The summed E-state index contributed by atoms with van der Waals surface area (Å²) < 4.78 is 1.73. The van der Waals surface area contributed by atoms with E-state index < -0.39 is 12.0 Å². The Kier molecular flexibility index (Phi) is 5.75. The summed E-state index contributed by atoms with van der Waals surface area (Å²) in [5.74, 6) is -0.931. The number of amides is 2. The van der Waals surface area contributed by atoms with Crippen LogP contribution >= 0.6 is 0 Å². The van der Waals surface area contributed by atoms with E-state index in [1.165, 1.54) is 0 Å². The summed E-state index contributed by atoms with van der Waals surface area (Å²) in [5.41, 5.74) is -0.332. The van der Waals surface area contributed by atoms with Crippen molar-refractivity contribution in [2.45, 2.75) is 52.7 Å². The zero-order valence-corrected chi connectivity index (χ0v) is 13.0. The summed E-state index contributed by atoms with van der Waals surface area (Å²) in [6.07, 6.45) is 3.39. The van der Waals surface area contributed by atoms with Crippen LogP contribution in [0, 0.1) is 5.41 Å². The predicted octanol–water partition coefficient (Wildman–Crippen LogP) is 1.46. The Morgan fingerprint density at radius 3 is 2.48 bits per heavy atom. The van der Waals surface area contributed by atoms with Crippen molar-refractivity contribution in [2.75, 3.05) is 0 Å². The fourth-order valence-corrected chi connectivity index (χ4v) is 1.91. The van der Waals surface area contributed by atoms with Gasteiger partial charge in [0.15, 0.2) is 0 Å². The number of carboxylic acid groups (broad SMARTS) is 1. The van der Waals surface area contributed by atoms with Gasteiger partial charge in [0, 0.05) is 24.5 Å². The summed E-state index contributed by atoms with van der Waals surface area (Å²) in [5, 5.41) is 18.5. The molecule has 0 saturated carbocycles. The Morgan fingerprint density at radius 1 is 1.33 bits per heavy atom. The first-order valence-corrected chi connectivity index (χ1v) is 6.94. The van der Waals surface area contributed by atoms with Gasteiger partial charge in [-0.25, -0.2) is 4.79 Å². The normalized spacial score (nSPS) is 14.3. The summed E-state index contributed by atoms with van der Waals surface area (Å²) in [4.78, 5) is 22.9. The van der Waals surface area contributed by atoms with Gasteiger partial charge in [0.25, 0.3) is 0 Å². The van der Waals surface area contributed by atoms with E-state index in [2.05, 4.69) is 15.7 Å². The first-order valence-electron chi connectivity index (χ1n) is 6.94. The molecule has 0 aliphatic heterocycles. The highest BCUT2D eigenvalue weighted by molar-refractivity contribution is 5.76. The van der Waals surface area contributed by atoms with Gasteiger partial charge >= 0.3 is 12.0 Å². The fraction of sp³-hybridized carbons (Fsp3) is 0.643. The standard InChI is InChI=1S/C14H24N4O3/c1-10(9-18-7-5-6-15-18)16-13(21)17-11(8-12(19)20)14(2,3)4/h5-7,10-11H,8-9H2,1-4H3,(H,19,20)(H2,16,17,21). The van der Waals surface area contributed by atoms with Crippen molar-refractivity contribution in [1.82, 2.24) is 20.4 Å². The maximum absolute atomic E-state index is 12.0. The molecule has 118 valence electrons. The molecule has 1 aromatic heterocycles. The number of carbonyl (C=O) groups is 2. The van der Waals surface area contributed by atoms with Crippen LogP contribution in [0.5, 0.6) is 0 Å². The Labute approximate surface area is 124 Å². The van der Waals surface area contributed by atoms with Crippen molar-refractivity contribution in [3.8, 4) is 0 Å². The number of nitrogens with zero attached hydrogens (tertiary/aromatic N) is 2. The minimum atomic E-state index is -0.931. The lowest BCUT2D eigenvalue weighted by atomic mass is 9.85. The summed E-state index contributed by atoms with van der Waals surface area (Å²) in [7, 11) is 0. The smallest absolute Gasteiger partial charge is 0.315 e. The molecule has 2 amide bonds. The molecule has 0 aliphatic rings. The van der Waals surface area contributed by atoms with E-state index >= 15 is 0 Å². The minimum absolute atomic E-state index is 0.107. The Balaban J connectivity index is 2.51. The van der Waals surface area contributed by atoms with Crippen molar-refractivity contribution >= 4 is 12.0 Å². The molecule has 2 atom stereocenters. The zero-order valence-electron chi connectivity index (χ0n) is 13.0. The molecule has 7 heteroatoms. The number of hydrogen-bond donors (Lipinski definition) is 3. The molecule has 0 radical (unpaired) electrons. The van der Waals surface area contributed by atoms with Gasteiger partial charge in [0.05, 0.1) is 13.0 Å². The van der Waals surface area contributed by atoms with Gasteiger partial charge < -0.3 is 15.7 Å². The van der Waals surface area contributed by atoms with Crippen LogP contribution in [0.3, 0.4) is 0 Å². The highest BCUT2D eigenvalue weighted by atomic mass is 16.4. The third-order valence-corrected chi connectivity index (χ3v) is 3.13. The van der Waals surface area contributed by atoms with E-state index in [1.807, 2.05) is 40.0 Å². The second-order valence-electron chi connectivity index (χ2n) is 6.26.